The Kier molecular flexibility index (Phi) is 4.81. The van der Waals surface area contributed by atoms with Crippen molar-refractivity contribution in [2.24, 2.45) is 51.2 Å². The van der Waals surface area contributed by atoms with Crippen LogP contribution in [0, 0.1) is 51.2 Å². The van der Waals surface area contributed by atoms with Crippen LogP contribution >= 0.6 is 0 Å². The number of aliphatic hydroxyl groups excluding tert-OH is 2. The predicted octanol–water partition coefficient (Wildman–Crippen LogP) is 6.53. The number of hydrogen-bond donors (Lipinski definition) is 2. The summed E-state index contributed by atoms with van der Waals surface area (Å²) in [4.78, 5) is 0. The van der Waals surface area contributed by atoms with E-state index in [0.29, 0.717) is 17.3 Å². The maximum absolute atomic E-state index is 11.5. The largest absolute Gasteiger partial charge is 0.392 e. The van der Waals surface area contributed by atoms with Gasteiger partial charge in [0, 0.05) is 5.92 Å². The third-order valence-electron chi connectivity index (χ3n) is 12.6. The average molecular weight is 427 g/mol. The topological polar surface area (TPSA) is 40.5 Å². The highest BCUT2D eigenvalue weighted by molar-refractivity contribution is 5.26. The van der Waals surface area contributed by atoms with Gasteiger partial charge in [-0.2, -0.15) is 0 Å². The summed E-state index contributed by atoms with van der Waals surface area (Å²) in [6.45, 7) is 21.1. The van der Waals surface area contributed by atoms with Gasteiger partial charge in [0.05, 0.1) is 12.2 Å². The molecule has 0 amide bonds. The minimum absolute atomic E-state index is 0.0562. The van der Waals surface area contributed by atoms with Gasteiger partial charge < -0.3 is 10.2 Å². The highest BCUT2D eigenvalue weighted by Gasteiger charge is 2.71. The molecular weight excluding hydrogens is 380 g/mol. The van der Waals surface area contributed by atoms with Crippen LogP contribution in [0.3, 0.4) is 0 Å². The smallest absolute Gasteiger partial charge is 0.0751 e. The van der Waals surface area contributed by atoms with Gasteiger partial charge in [-0.25, -0.2) is 0 Å². The summed E-state index contributed by atoms with van der Waals surface area (Å²) in [5, 5.41) is 22.1. The van der Waals surface area contributed by atoms with Gasteiger partial charge in [0.1, 0.15) is 0 Å². The monoisotopic (exact) mass is 426 g/mol. The van der Waals surface area contributed by atoms with E-state index in [9.17, 15) is 10.2 Å². The Morgan fingerprint density at radius 1 is 0.839 bits per heavy atom. The molecule has 0 aromatic rings. The quantitative estimate of drug-likeness (QED) is 0.468. The van der Waals surface area contributed by atoms with Gasteiger partial charge in [0.2, 0.25) is 0 Å². The fraction of sp³-hybridized carbons (Fsp3) is 0.862. The Labute approximate surface area is 190 Å². The first-order valence-electron chi connectivity index (χ1n) is 13.1. The summed E-state index contributed by atoms with van der Waals surface area (Å²) in [7, 11) is 0. The van der Waals surface area contributed by atoms with Crippen molar-refractivity contribution in [1.82, 2.24) is 0 Å². The molecule has 0 aliphatic heterocycles. The second kappa shape index (κ2) is 6.72. The number of hydrogen-bond acceptors (Lipinski definition) is 2. The van der Waals surface area contributed by atoms with Crippen molar-refractivity contribution in [2.75, 3.05) is 0 Å². The molecule has 31 heavy (non-hydrogen) atoms. The first-order valence-corrected chi connectivity index (χ1v) is 13.1. The molecule has 2 heteroatoms. The van der Waals surface area contributed by atoms with Crippen LogP contribution < -0.4 is 0 Å². The fourth-order valence-electron chi connectivity index (χ4n) is 11.1. The van der Waals surface area contributed by atoms with Crippen LogP contribution in [0.4, 0.5) is 0 Å². The molecule has 5 rings (SSSR count). The second-order valence-corrected chi connectivity index (χ2v) is 13.5. The number of fused-ring (bicyclic) bond motifs is 7. The van der Waals surface area contributed by atoms with E-state index >= 15 is 0 Å². The molecule has 11 atom stereocenters. The molecule has 0 aromatic carbocycles. The highest BCUT2D eigenvalue weighted by Crippen LogP contribution is 2.77. The van der Waals surface area contributed by atoms with E-state index in [1.165, 1.54) is 44.1 Å². The Hall–Kier alpha value is -0.600. The molecule has 0 unspecified atom stereocenters. The van der Waals surface area contributed by atoms with E-state index in [0.717, 1.165) is 36.7 Å². The average Bonchev–Trinajstić information content (AvgIpc) is 3.03. The molecule has 5 aliphatic carbocycles. The van der Waals surface area contributed by atoms with E-state index in [-0.39, 0.29) is 28.3 Å². The first kappa shape index (κ1) is 22.2. The lowest BCUT2D eigenvalue weighted by Crippen LogP contribution is -2.67. The van der Waals surface area contributed by atoms with Crippen LogP contribution in [0.15, 0.2) is 24.3 Å². The summed E-state index contributed by atoms with van der Waals surface area (Å²) >= 11 is 0. The van der Waals surface area contributed by atoms with Crippen molar-refractivity contribution < 1.29 is 10.2 Å². The molecular formula is C29H46O2. The number of rotatable bonds is 1. The number of aliphatic hydroxyl groups is 2. The molecule has 0 aromatic heterocycles. The van der Waals surface area contributed by atoms with Gasteiger partial charge in [-0.3, -0.25) is 0 Å². The Balaban J connectivity index is 1.55. The van der Waals surface area contributed by atoms with Crippen molar-refractivity contribution in [3.05, 3.63) is 24.3 Å². The zero-order valence-corrected chi connectivity index (χ0v) is 20.7. The van der Waals surface area contributed by atoms with Gasteiger partial charge in [-0.15, -0.1) is 0 Å². The van der Waals surface area contributed by atoms with Crippen LogP contribution in [-0.4, -0.2) is 22.4 Å². The standard InChI is InChI=1S/C29H46O2/c1-17(2)19-10-13-26(4)20(19)11-15-28(6)23(26)8-9-24-27(5)14-12-21(30)18(3)25(27)22(31)16-29(24,28)7/h19-25,30-31H,1,3,8-16H2,2,4-7H3/t19-,20+,21+,22-,23-,24-,25-,26+,27-,28-,29-/m1/s1. The van der Waals surface area contributed by atoms with E-state index in [2.05, 4.69) is 47.8 Å². The van der Waals surface area contributed by atoms with E-state index in [1.54, 1.807) is 0 Å². The molecule has 2 nitrogen and oxygen atoms in total. The molecule has 2 N–H and O–H groups in total. The van der Waals surface area contributed by atoms with E-state index in [1.807, 2.05) is 0 Å². The van der Waals surface area contributed by atoms with Crippen molar-refractivity contribution >= 4 is 0 Å². The lowest BCUT2D eigenvalue weighted by atomic mass is 9.32. The van der Waals surface area contributed by atoms with Crippen molar-refractivity contribution in [3.63, 3.8) is 0 Å². The van der Waals surface area contributed by atoms with Crippen LogP contribution in [0.2, 0.25) is 0 Å². The van der Waals surface area contributed by atoms with Gasteiger partial charge >= 0.3 is 0 Å². The van der Waals surface area contributed by atoms with Crippen molar-refractivity contribution in [2.45, 2.75) is 105 Å². The Bertz CT molecular complexity index is 801. The fourth-order valence-corrected chi connectivity index (χ4v) is 11.1. The van der Waals surface area contributed by atoms with E-state index < -0.39 is 6.10 Å². The van der Waals surface area contributed by atoms with Gasteiger partial charge in [-0.1, -0.05) is 46.4 Å². The Morgan fingerprint density at radius 3 is 2.10 bits per heavy atom. The highest BCUT2D eigenvalue weighted by atomic mass is 16.3. The van der Waals surface area contributed by atoms with Crippen molar-refractivity contribution in [3.8, 4) is 0 Å². The van der Waals surface area contributed by atoms with Crippen LogP contribution in [0.1, 0.15) is 92.4 Å². The summed E-state index contributed by atoms with van der Waals surface area (Å²) in [5.41, 5.74) is 3.21. The van der Waals surface area contributed by atoms with Gasteiger partial charge in [-0.05, 0) is 116 Å². The van der Waals surface area contributed by atoms with Crippen LogP contribution in [0.25, 0.3) is 0 Å². The molecule has 5 fully saturated rings. The first-order chi connectivity index (χ1) is 14.4. The molecule has 5 aliphatic rings. The van der Waals surface area contributed by atoms with Crippen LogP contribution in [-0.2, 0) is 0 Å². The molecule has 0 spiro atoms. The summed E-state index contributed by atoms with van der Waals surface area (Å²) in [6, 6.07) is 0. The SMILES string of the molecule is C=C(C)[C@H]1CC[C@]2(C)[C@H]3CC[C@@H]4[C@@]5(C)CC[C@H](O)C(=C)[C@@H]5[C@H](O)C[C@@]4(C)[C@]3(C)CC[C@@H]12. The summed E-state index contributed by atoms with van der Waals surface area (Å²) < 4.78 is 0. The molecule has 0 saturated heterocycles. The predicted molar refractivity (Wildman–Crippen MR) is 127 cm³/mol. The zero-order valence-electron chi connectivity index (χ0n) is 20.7. The third-order valence-corrected chi connectivity index (χ3v) is 12.6. The maximum Gasteiger partial charge on any atom is 0.0751 e. The minimum Gasteiger partial charge on any atom is -0.392 e. The summed E-state index contributed by atoms with van der Waals surface area (Å²) in [6.07, 6.45) is 9.81. The normalized spacial score (nSPS) is 58.7. The zero-order chi connectivity index (χ0) is 22.6. The molecule has 0 bridgehead atoms. The molecule has 174 valence electrons. The van der Waals surface area contributed by atoms with Crippen molar-refractivity contribution in [1.29, 1.82) is 0 Å². The molecule has 5 saturated carbocycles. The van der Waals surface area contributed by atoms with Gasteiger partial charge in [0.15, 0.2) is 0 Å². The molecule has 0 radical (unpaired) electrons. The van der Waals surface area contributed by atoms with Gasteiger partial charge in [0.25, 0.3) is 0 Å². The minimum atomic E-state index is -0.434. The lowest BCUT2D eigenvalue weighted by molar-refractivity contribution is -0.246. The maximum atomic E-state index is 11.5. The third kappa shape index (κ3) is 2.59. The summed E-state index contributed by atoms with van der Waals surface area (Å²) in [5.74, 6) is 2.92. The number of allylic oxidation sites excluding steroid dienone is 1. The van der Waals surface area contributed by atoms with Crippen LogP contribution in [0.5, 0.6) is 0 Å². The molecule has 0 heterocycles. The second-order valence-electron chi connectivity index (χ2n) is 13.5. The lowest BCUT2D eigenvalue weighted by Gasteiger charge is -2.72. The van der Waals surface area contributed by atoms with E-state index in [4.69, 9.17) is 0 Å². The Morgan fingerprint density at radius 2 is 1.45 bits per heavy atom.